The molecule has 0 heterocycles. The van der Waals surface area contributed by atoms with Gasteiger partial charge in [-0.05, 0) is 43.4 Å². The van der Waals surface area contributed by atoms with Gasteiger partial charge >= 0.3 is 6.18 Å². The number of anilines is 1. The predicted octanol–water partition coefficient (Wildman–Crippen LogP) is 5.06. The van der Waals surface area contributed by atoms with Gasteiger partial charge in [-0.3, -0.25) is 4.99 Å². The Bertz CT molecular complexity index is 598. The lowest BCUT2D eigenvalue weighted by molar-refractivity contribution is -0.185. The fourth-order valence-electron chi connectivity index (χ4n) is 2.91. The molecule has 1 fully saturated rings. The summed E-state index contributed by atoms with van der Waals surface area (Å²) in [5, 5.41) is 3.31. The third kappa shape index (κ3) is 6.73. The van der Waals surface area contributed by atoms with E-state index in [2.05, 4.69) is 10.3 Å². The second-order valence-corrected chi connectivity index (χ2v) is 6.38. The van der Waals surface area contributed by atoms with Crippen molar-refractivity contribution in [3.05, 3.63) is 23.2 Å². The summed E-state index contributed by atoms with van der Waals surface area (Å²) in [7, 11) is 1.52. The Morgan fingerprint density at radius 1 is 1.40 bits per heavy atom. The fourth-order valence-corrected chi connectivity index (χ4v) is 3.17. The number of nitrogens with zero attached hydrogens (tertiary/aromatic N) is 1. The van der Waals surface area contributed by atoms with Crippen molar-refractivity contribution in [3.63, 3.8) is 0 Å². The van der Waals surface area contributed by atoms with Gasteiger partial charge in [0.15, 0.2) is 5.96 Å². The number of benzene rings is 1. The predicted molar refractivity (Wildman–Crippen MR) is 105 cm³/mol. The molecule has 0 saturated heterocycles. The van der Waals surface area contributed by atoms with Gasteiger partial charge in [0.2, 0.25) is 0 Å². The van der Waals surface area contributed by atoms with Crippen molar-refractivity contribution >= 4 is 47.2 Å². The van der Waals surface area contributed by atoms with Crippen molar-refractivity contribution in [1.29, 1.82) is 0 Å². The van der Waals surface area contributed by atoms with Crippen molar-refractivity contribution in [2.24, 2.45) is 22.6 Å². The highest BCUT2D eigenvalue weighted by atomic mass is 127. The second-order valence-electron chi connectivity index (χ2n) is 5.97. The van der Waals surface area contributed by atoms with Gasteiger partial charge in [0.05, 0.1) is 18.1 Å². The van der Waals surface area contributed by atoms with Crippen LogP contribution < -0.4 is 15.8 Å². The van der Waals surface area contributed by atoms with Crippen LogP contribution in [0, 0.1) is 11.8 Å². The van der Waals surface area contributed by atoms with Crippen LogP contribution in [0.3, 0.4) is 0 Å². The smallest absolute Gasteiger partial charge is 0.391 e. The molecule has 0 spiro atoms. The summed E-state index contributed by atoms with van der Waals surface area (Å²) >= 11 is 6.02. The Kier molecular flexibility index (Phi) is 8.59. The van der Waals surface area contributed by atoms with E-state index < -0.39 is 12.1 Å². The molecule has 0 aliphatic heterocycles. The van der Waals surface area contributed by atoms with Crippen molar-refractivity contribution in [2.75, 3.05) is 19.0 Å². The van der Waals surface area contributed by atoms with Gasteiger partial charge in [0.1, 0.15) is 5.75 Å². The van der Waals surface area contributed by atoms with Crippen molar-refractivity contribution in [2.45, 2.75) is 31.9 Å². The van der Waals surface area contributed by atoms with E-state index >= 15 is 0 Å². The zero-order valence-electron chi connectivity index (χ0n) is 13.8. The minimum Gasteiger partial charge on any atom is -0.495 e. The second kappa shape index (κ2) is 9.70. The molecule has 0 radical (unpaired) electrons. The summed E-state index contributed by atoms with van der Waals surface area (Å²) in [6, 6.07) is 5.06. The molecule has 1 aromatic rings. The first kappa shape index (κ1) is 22.1. The molecule has 1 aromatic carbocycles. The number of alkyl halides is 3. The lowest BCUT2D eigenvalue weighted by Gasteiger charge is -2.29. The van der Waals surface area contributed by atoms with E-state index in [0.717, 1.165) is 6.42 Å². The molecule has 0 aromatic heterocycles. The van der Waals surface area contributed by atoms with Gasteiger partial charge in [0, 0.05) is 12.2 Å². The monoisotopic (exact) mass is 491 g/mol. The van der Waals surface area contributed by atoms with Gasteiger partial charge in [-0.1, -0.05) is 18.0 Å². The van der Waals surface area contributed by atoms with Crippen LogP contribution in [0.25, 0.3) is 0 Å². The zero-order valence-corrected chi connectivity index (χ0v) is 16.9. The Labute approximate surface area is 167 Å². The number of ether oxygens (including phenoxy) is 1. The highest BCUT2D eigenvalue weighted by molar-refractivity contribution is 14.0. The lowest BCUT2D eigenvalue weighted by atomic mass is 9.81. The average Bonchev–Trinajstić information content (AvgIpc) is 2.53. The van der Waals surface area contributed by atoms with E-state index in [1.807, 2.05) is 0 Å². The van der Waals surface area contributed by atoms with Crippen LogP contribution in [0.5, 0.6) is 5.75 Å². The molecule has 2 unspecified atom stereocenters. The van der Waals surface area contributed by atoms with Gasteiger partial charge in [-0.15, -0.1) is 24.0 Å². The minimum atomic E-state index is -4.12. The molecule has 0 amide bonds. The number of hydrogen-bond donors (Lipinski definition) is 2. The summed E-state index contributed by atoms with van der Waals surface area (Å²) in [6.07, 6.45) is -2.47. The number of halogens is 5. The van der Waals surface area contributed by atoms with Crippen LogP contribution in [0.1, 0.15) is 25.7 Å². The van der Waals surface area contributed by atoms with Crippen LogP contribution in [0.4, 0.5) is 18.9 Å². The maximum absolute atomic E-state index is 12.8. The van der Waals surface area contributed by atoms with E-state index in [1.165, 1.54) is 7.11 Å². The Morgan fingerprint density at radius 2 is 2.12 bits per heavy atom. The standard InChI is InChI=1S/C16H21ClF3N3O.HI/c1-24-14-6-5-12(8-13(14)17)23-15(21)22-9-10-3-2-4-11(7-10)16(18,19)20;/h5-6,8,10-11H,2-4,7,9H2,1H3,(H3,21,22,23);1H. The Balaban J connectivity index is 0.00000312. The molecule has 25 heavy (non-hydrogen) atoms. The molecule has 2 rings (SSSR count). The molecular weight excluding hydrogens is 470 g/mol. The van der Waals surface area contributed by atoms with Gasteiger partial charge in [-0.2, -0.15) is 13.2 Å². The van der Waals surface area contributed by atoms with E-state index in [-0.39, 0.29) is 55.2 Å². The molecule has 1 aliphatic rings. The van der Waals surface area contributed by atoms with Gasteiger partial charge in [-0.25, -0.2) is 0 Å². The van der Waals surface area contributed by atoms with Crippen LogP contribution >= 0.6 is 35.6 Å². The fraction of sp³-hybridized carbons (Fsp3) is 0.562. The van der Waals surface area contributed by atoms with Crippen molar-refractivity contribution < 1.29 is 17.9 Å². The van der Waals surface area contributed by atoms with Crippen LogP contribution in [-0.4, -0.2) is 25.8 Å². The van der Waals surface area contributed by atoms with Gasteiger partial charge < -0.3 is 15.8 Å². The molecule has 9 heteroatoms. The lowest BCUT2D eigenvalue weighted by Crippen LogP contribution is -2.30. The molecular formula is C16H22ClF3IN3O. The first-order valence-electron chi connectivity index (χ1n) is 7.76. The van der Waals surface area contributed by atoms with Crippen LogP contribution in [-0.2, 0) is 0 Å². The number of guanidine groups is 1. The molecule has 142 valence electrons. The normalized spacial score (nSPS) is 21.4. The van der Waals surface area contributed by atoms with E-state index in [1.54, 1.807) is 18.2 Å². The number of nitrogens with two attached hydrogens (primary N) is 1. The van der Waals surface area contributed by atoms with E-state index in [9.17, 15) is 13.2 Å². The first-order valence-corrected chi connectivity index (χ1v) is 8.14. The van der Waals surface area contributed by atoms with E-state index in [4.69, 9.17) is 22.1 Å². The molecule has 1 aliphatic carbocycles. The SMILES string of the molecule is COc1ccc(NC(N)=NCC2CCCC(C(F)(F)F)C2)cc1Cl.I. The minimum absolute atomic E-state index is 0. The maximum atomic E-state index is 12.8. The third-order valence-corrected chi connectivity index (χ3v) is 4.49. The quantitative estimate of drug-likeness (QED) is 0.352. The summed E-state index contributed by atoms with van der Waals surface area (Å²) in [4.78, 5) is 4.17. The number of hydrogen-bond acceptors (Lipinski definition) is 2. The Morgan fingerprint density at radius 3 is 2.72 bits per heavy atom. The third-order valence-electron chi connectivity index (χ3n) is 4.19. The average molecular weight is 492 g/mol. The highest BCUT2D eigenvalue weighted by Crippen LogP contribution is 2.39. The largest absolute Gasteiger partial charge is 0.495 e. The Hall–Kier alpha value is -0.900. The number of rotatable bonds is 4. The van der Waals surface area contributed by atoms with E-state index in [0.29, 0.717) is 22.9 Å². The van der Waals surface area contributed by atoms with Crippen molar-refractivity contribution in [1.82, 2.24) is 0 Å². The topological polar surface area (TPSA) is 59.6 Å². The molecule has 3 N–H and O–H groups in total. The number of nitrogens with one attached hydrogen (secondary N) is 1. The van der Waals surface area contributed by atoms with Crippen molar-refractivity contribution in [3.8, 4) is 5.75 Å². The summed E-state index contributed by atoms with van der Waals surface area (Å²) in [5.41, 5.74) is 6.44. The number of aliphatic imine (C=N–C) groups is 1. The molecule has 0 bridgehead atoms. The first-order chi connectivity index (χ1) is 11.3. The summed E-state index contributed by atoms with van der Waals surface area (Å²) < 4.78 is 43.5. The zero-order chi connectivity index (χ0) is 17.7. The number of methoxy groups -OCH3 is 1. The summed E-state index contributed by atoms with van der Waals surface area (Å²) in [6.45, 7) is 0.287. The van der Waals surface area contributed by atoms with Gasteiger partial charge in [0.25, 0.3) is 0 Å². The maximum Gasteiger partial charge on any atom is 0.391 e. The summed E-state index contributed by atoms with van der Waals surface area (Å²) in [5.74, 6) is -0.616. The molecule has 4 nitrogen and oxygen atoms in total. The van der Waals surface area contributed by atoms with Crippen LogP contribution in [0.2, 0.25) is 5.02 Å². The van der Waals surface area contributed by atoms with Crippen LogP contribution in [0.15, 0.2) is 23.2 Å². The molecule has 1 saturated carbocycles. The molecule has 2 atom stereocenters. The highest BCUT2D eigenvalue weighted by Gasteiger charge is 2.41.